The fourth-order valence-corrected chi connectivity index (χ4v) is 3.23. The summed E-state index contributed by atoms with van der Waals surface area (Å²) >= 11 is 0. The van der Waals surface area contributed by atoms with Crippen LogP contribution in [0.4, 0.5) is 0 Å². The van der Waals surface area contributed by atoms with E-state index in [1.165, 1.54) is 22.8 Å². The molecule has 0 unspecified atom stereocenters. The zero-order valence-corrected chi connectivity index (χ0v) is 12.1. The van der Waals surface area contributed by atoms with E-state index in [4.69, 9.17) is 4.74 Å². The van der Waals surface area contributed by atoms with Crippen LogP contribution in [0.1, 0.15) is 37.9 Å². The predicted molar refractivity (Wildman–Crippen MR) is 84.8 cm³/mol. The zero-order chi connectivity index (χ0) is 13.9. The van der Waals surface area contributed by atoms with Crippen LogP contribution in [0.3, 0.4) is 0 Å². The summed E-state index contributed by atoms with van der Waals surface area (Å²) in [5.41, 5.74) is 1.34. The maximum Gasteiger partial charge on any atom is 0.0835 e. The van der Waals surface area contributed by atoms with Crippen LogP contribution in [0.15, 0.2) is 55.1 Å². The van der Waals surface area contributed by atoms with Crippen molar-refractivity contribution in [1.29, 1.82) is 0 Å². The van der Waals surface area contributed by atoms with Crippen molar-refractivity contribution in [2.75, 3.05) is 0 Å². The van der Waals surface area contributed by atoms with Crippen LogP contribution in [-0.2, 0) is 4.74 Å². The van der Waals surface area contributed by atoms with E-state index in [1.54, 1.807) is 0 Å². The summed E-state index contributed by atoms with van der Waals surface area (Å²) in [6, 6.07) is 15.1. The summed E-state index contributed by atoms with van der Waals surface area (Å²) in [6.45, 7) is 6.14. The van der Waals surface area contributed by atoms with Crippen molar-refractivity contribution in [3.63, 3.8) is 0 Å². The average Bonchev–Trinajstić information content (AvgIpc) is 2.49. The zero-order valence-electron chi connectivity index (χ0n) is 12.1. The van der Waals surface area contributed by atoms with E-state index < -0.39 is 0 Å². The van der Waals surface area contributed by atoms with Gasteiger partial charge in [-0.15, -0.1) is 6.58 Å². The summed E-state index contributed by atoms with van der Waals surface area (Å²) in [6.07, 6.45) is 5.80. The molecular formula is C19H22O. The van der Waals surface area contributed by atoms with Crippen LogP contribution in [0.5, 0.6) is 0 Å². The second kappa shape index (κ2) is 5.80. The van der Waals surface area contributed by atoms with Crippen molar-refractivity contribution < 1.29 is 4.74 Å². The summed E-state index contributed by atoms with van der Waals surface area (Å²) in [4.78, 5) is 0. The minimum atomic E-state index is 0.224. The van der Waals surface area contributed by atoms with Gasteiger partial charge < -0.3 is 4.74 Å². The van der Waals surface area contributed by atoms with Crippen LogP contribution in [0.2, 0.25) is 0 Å². The van der Waals surface area contributed by atoms with E-state index in [9.17, 15) is 0 Å². The highest BCUT2D eigenvalue weighted by atomic mass is 16.5. The maximum atomic E-state index is 6.36. The molecule has 20 heavy (non-hydrogen) atoms. The molecule has 0 radical (unpaired) electrons. The Bertz CT molecular complexity index is 596. The van der Waals surface area contributed by atoms with Gasteiger partial charge in [0.25, 0.3) is 0 Å². The number of ether oxygens (including phenoxy) is 1. The Kier molecular flexibility index (Phi) is 3.88. The van der Waals surface area contributed by atoms with Crippen LogP contribution in [0.25, 0.3) is 10.8 Å². The van der Waals surface area contributed by atoms with E-state index in [1.807, 2.05) is 6.08 Å². The lowest BCUT2D eigenvalue weighted by Gasteiger charge is -2.35. The molecule has 0 aliphatic carbocycles. The Hall–Kier alpha value is -1.60. The van der Waals surface area contributed by atoms with Gasteiger partial charge >= 0.3 is 0 Å². The molecular weight excluding hydrogens is 244 g/mol. The van der Waals surface area contributed by atoms with Gasteiger partial charge in [0.15, 0.2) is 0 Å². The number of rotatable bonds is 3. The Balaban J connectivity index is 1.93. The minimum Gasteiger partial charge on any atom is -0.370 e. The highest BCUT2D eigenvalue weighted by molar-refractivity contribution is 5.86. The largest absolute Gasteiger partial charge is 0.370 e. The number of fused-ring (bicyclic) bond motifs is 1. The molecule has 2 aromatic rings. The molecule has 104 valence electrons. The van der Waals surface area contributed by atoms with Crippen LogP contribution >= 0.6 is 0 Å². The monoisotopic (exact) mass is 266 g/mol. The van der Waals surface area contributed by atoms with Gasteiger partial charge in [-0.05, 0) is 41.5 Å². The molecule has 0 spiro atoms. The first-order valence-corrected chi connectivity index (χ1v) is 7.53. The van der Waals surface area contributed by atoms with Crippen LogP contribution in [0, 0.1) is 5.92 Å². The average molecular weight is 266 g/mol. The highest BCUT2D eigenvalue weighted by Gasteiger charge is 2.29. The molecule has 0 bridgehead atoms. The van der Waals surface area contributed by atoms with Crippen molar-refractivity contribution in [2.45, 2.75) is 38.4 Å². The SMILES string of the molecule is C=CC[C@@H]1O[C@@H](c2cccc3ccccc23)CC[C@H]1C. The second-order valence-electron chi connectivity index (χ2n) is 5.81. The summed E-state index contributed by atoms with van der Waals surface area (Å²) < 4.78 is 6.36. The molecule has 1 heterocycles. The van der Waals surface area contributed by atoms with Gasteiger partial charge in [0.2, 0.25) is 0 Å². The molecule has 1 nitrogen and oxygen atoms in total. The summed E-state index contributed by atoms with van der Waals surface area (Å²) in [5, 5.41) is 2.62. The van der Waals surface area contributed by atoms with Crippen LogP contribution < -0.4 is 0 Å². The molecule has 2 aromatic carbocycles. The Morgan fingerprint density at radius 3 is 2.80 bits per heavy atom. The van der Waals surface area contributed by atoms with Gasteiger partial charge in [0.1, 0.15) is 0 Å². The highest BCUT2D eigenvalue weighted by Crippen LogP contribution is 2.38. The molecule has 3 atom stereocenters. The number of benzene rings is 2. The molecule has 1 saturated heterocycles. The fraction of sp³-hybridized carbons (Fsp3) is 0.368. The minimum absolute atomic E-state index is 0.224. The third-order valence-corrected chi connectivity index (χ3v) is 4.43. The topological polar surface area (TPSA) is 9.23 Å². The van der Waals surface area contributed by atoms with E-state index in [0.29, 0.717) is 12.0 Å². The molecule has 1 heteroatoms. The first-order valence-electron chi connectivity index (χ1n) is 7.53. The Morgan fingerprint density at radius 2 is 1.95 bits per heavy atom. The van der Waals surface area contributed by atoms with Crippen molar-refractivity contribution in [2.24, 2.45) is 5.92 Å². The van der Waals surface area contributed by atoms with Gasteiger partial charge in [-0.25, -0.2) is 0 Å². The summed E-state index contributed by atoms with van der Waals surface area (Å²) in [7, 11) is 0. The Labute approximate surface area is 121 Å². The lowest BCUT2D eigenvalue weighted by atomic mass is 9.88. The lowest BCUT2D eigenvalue weighted by molar-refractivity contribution is -0.0779. The predicted octanol–water partition coefficient (Wildman–Crippen LogP) is 5.27. The van der Waals surface area contributed by atoms with Crippen molar-refractivity contribution in [3.8, 4) is 0 Å². The normalized spacial score (nSPS) is 26.6. The standard InChI is InChI=1S/C19H22O/c1-3-7-18-14(2)12-13-19(20-18)17-11-6-9-15-8-4-5-10-16(15)17/h3-6,8-11,14,18-19H,1,7,12-13H2,2H3/t14-,18+,19-/m1/s1. The molecule has 0 saturated carbocycles. The first kappa shape index (κ1) is 13.4. The molecule has 1 aliphatic rings. The maximum absolute atomic E-state index is 6.36. The van der Waals surface area contributed by atoms with Gasteiger partial charge in [-0.2, -0.15) is 0 Å². The lowest BCUT2D eigenvalue weighted by Crippen LogP contribution is -2.29. The first-order chi connectivity index (χ1) is 9.79. The molecule has 3 rings (SSSR count). The van der Waals surface area contributed by atoms with E-state index in [2.05, 4.69) is 56.0 Å². The van der Waals surface area contributed by atoms with E-state index >= 15 is 0 Å². The van der Waals surface area contributed by atoms with Gasteiger partial charge in [-0.1, -0.05) is 55.5 Å². The van der Waals surface area contributed by atoms with E-state index in [0.717, 1.165) is 12.8 Å². The fourth-order valence-electron chi connectivity index (χ4n) is 3.23. The molecule has 0 N–H and O–H groups in total. The third-order valence-electron chi connectivity index (χ3n) is 4.43. The van der Waals surface area contributed by atoms with Crippen molar-refractivity contribution in [1.82, 2.24) is 0 Å². The summed E-state index contributed by atoms with van der Waals surface area (Å²) in [5.74, 6) is 0.624. The molecule has 0 amide bonds. The number of hydrogen-bond acceptors (Lipinski definition) is 1. The molecule has 0 aromatic heterocycles. The van der Waals surface area contributed by atoms with Crippen molar-refractivity contribution in [3.05, 3.63) is 60.7 Å². The Morgan fingerprint density at radius 1 is 1.15 bits per heavy atom. The van der Waals surface area contributed by atoms with Gasteiger partial charge in [-0.3, -0.25) is 0 Å². The third kappa shape index (κ3) is 2.51. The van der Waals surface area contributed by atoms with Crippen LogP contribution in [-0.4, -0.2) is 6.10 Å². The van der Waals surface area contributed by atoms with Crippen molar-refractivity contribution >= 4 is 10.8 Å². The molecule has 1 aliphatic heterocycles. The molecule has 1 fully saturated rings. The smallest absolute Gasteiger partial charge is 0.0835 e. The van der Waals surface area contributed by atoms with Gasteiger partial charge in [0, 0.05) is 0 Å². The number of hydrogen-bond donors (Lipinski definition) is 0. The van der Waals surface area contributed by atoms with Gasteiger partial charge in [0.05, 0.1) is 12.2 Å². The quantitative estimate of drug-likeness (QED) is 0.687. The van der Waals surface area contributed by atoms with E-state index in [-0.39, 0.29) is 6.10 Å². The second-order valence-corrected chi connectivity index (χ2v) is 5.81.